The molecule has 0 saturated heterocycles. The number of rotatable bonds is 20. The largest absolute Gasteiger partial charge is 0.494 e. The van der Waals surface area contributed by atoms with Crippen molar-refractivity contribution in [1.82, 2.24) is 0 Å². The first-order valence-corrected chi connectivity index (χ1v) is 18.8. The fraction of sp³-hybridized carbons (Fsp3) is 0.683. The lowest BCUT2D eigenvalue weighted by Gasteiger charge is -2.28. The highest BCUT2D eigenvalue weighted by Gasteiger charge is 2.21. The molecule has 4 rings (SSSR count). The Balaban J connectivity index is 1.05. The smallest absolute Gasteiger partial charge is 0.343 e. The maximum absolute atomic E-state index is 12.7. The molecule has 2 fully saturated rings. The highest BCUT2D eigenvalue weighted by atomic mass is 16.5. The van der Waals surface area contributed by atoms with Crippen LogP contribution in [0.25, 0.3) is 0 Å². The fourth-order valence-electron chi connectivity index (χ4n) is 7.56. The van der Waals surface area contributed by atoms with E-state index in [2.05, 4.69) is 13.8 Å². The Hall–Kier alpha value is -2.49. The van der Waals surface area contributed by atoms with Crippen LogP contribution in [-0.4, -0.2) is 19.2 Å². The van der Waals surface area contributed by atoms with Crippen molar-refractivity contribution in [3.8, 4) is 17.2 Å². The third kappa shape index (κ3) is 13.4. The SMILES string of the molecule is CCCCCC1CCC(CCCOc2ccc(OC(=O)c3ccc(OCCCC4CCC(CCCCC)CC4)cc3)cc2)CC1. The molecule has 45 heavy (non-hydrogen) atoms. The third-order valence-corrected chi connectivity index (χ3v) is 10.5. The lowest BCUT2D eigenvalue weighted by atomic mass is 9.78. The molecule has 0 aromatic heterocycles. The van der Waals surface area contributed by atoms with Crippen molar-refractivity contribution >= 4 is 5.97 Å². The average molecular weight is 619 g/mol. The molecule has 0 atom stereocenters. The number of benzene rings is 2. The van der Waals surface area contributed by atoms with Gasteiger partial charge in [0, 0.05) is 0 Å². The second-order valence-electron chi connectivity index (χ2n) is 14.1. The first-order valence-electron chi connectivity index (χ1n) is 18.8. The lowest BCUT2D eigenvalue weighted by molar-refractivity contribution is 0.0734. The molecule has 0 unspecified atom stereocenters. The van der Waals surface area contributed by atoms with Gasteiger partial charge in [0.15, 0.2) is 0 Å². The maximum Gasteiger partial charge on any atom is 0.343 e. The Morgan fingerprint density at radius 1 is 0.511 bits per heavy atom. The van der Waals surface area contributed by atoms with Gasteiger partial charge in [0.05, 0.1) is 18.8 Å². The summed E-state index contributed by atoms with van der Waals surface area (Å²) in [5.74, 6) is 5.49. The van der Waals surface area contributed by atoms with Crippen LogP contribution in [0, 0.1) is 23.7 Å². The molecule has 2 aromatic rings. The van der Waals surface area contributed by atoms with E-state index < -0.39 is 0 Å². The van der Waals surface area contributed by atoms with E-state index in [9.17, 15) is 4.79 Å². The van der Waals surface area contributed by atoms with Crippen molar-refractivity contribution in [3.05, 3.63) is 54.1 Å². The van der Waals surface area contributed by atoms with Crippen molar-refractivity contribution in [2.24, 2.45) is 23.7 Å². The van der Waals surface area contributed by atoms with E-state index in [-0.39, 0.29) is 5.97 Å². The molecule has 4 nitrogen and oxygen atoms in total. The first-order chi connectivity index (χ1) is 22.1. The van der Waals surface area contributed by atoms with Crippen molar-refractivity contribution in [2.75, 3.05) is 13.2 Å². The summed E-state index contributed by atoms with van der Waals surface area (Å²) < 4.78 is 17.6. The van der Waals surface area contributed by atoms with Gasteiger partial charge in [0.2, 0.25) is 0 Å². The zero-order valence-electron chi connectivity index (χ0n) is 28.6. The summed E-state index contributed by atoms with van der Waals surface area (Å²) >= 11 is 0. The second kappa shape index (κ2) is 20.6. The summed E-state index contributed by atoms with van der Waals surface area (Å²) in [6, 6.07) is 14.7. The molecular weight excluding hydrogens is 556 g/mol. The van der Waals surface area contributed by atoms with Crippen LogP contribution in [0.2, 0.25) is 0 Å². The summed E-state index contributed by atoms with van der Waals surface area (Å²) in [7, 11) is 0. The van der Waals surface area contributed by atoms with Crippen molar-refractivity contribution in [2.45, 2.75) is 142 Å². The van der Waals surface area contributed by atoms with Gasteiger partial charge in [0.1, 0.15) is 17.2 Å². The number of esters is 1. The number of ether oxygens (including phenoxy) is 3. The first kappa shape index (κ1) is 35.4. The van der Waals surface area contributed by atoms with Gasteiger partial charge >= 0.3 is 5.97 Å². The van der Waals surface area contributed by atoms with Crippen LogP contribution in [-0.2, 0) is 0 Å². The molecule has 0 amide bonds. The van der Waals surface area contributed by atoms with Gasteiger partial charge in [0.25, 0.3) is 0 Å². The van der Waals surface area contributed by atoms with Crippen LogP contribution in [0.3, 0.4) is 0 Å². The Kier molecular flexibility index (Phi) is 16.2. The molecule has 250 valence electrons. The highest BCUT2D eigenvalue weighted by molar-refractivity contribution is 5.91. The van der Waals surface area contributed by atoms with E-state index in [1.807, 2.05) is 36.4 Å². The van der Waals surface area contributed by atoms with E-state index in [1.165, 1.54) is 116 Å². The topological polar surface area (TPSA) is 44.8 Å². The number of hydrogen-bond acceptors (Lipinski definition) is 4. The minimum absolute atomic E-state index is 0.361. The van der Waals surface area contributed by atoms with Crippen LogP contribution in [0.15, 0.2) is 48.5 Å². The van der Waals surface area contributed by atoms with Crippen molar-refractivity contribution < 1.29 is 19.0 Å². The van der Waals surface area contributed by atoms with E-state index >= 15 is 0 Å². The molecule has 2 saturated carbocycles. The molecule has 2 aliphatic rings. The molecule has 0 bridgehead atoms. The Morgan fingerprint density at radius 3 is 1.27 bits per heavy atom. The standard InChI is InChI=1S/C41H62O4/c1-3-5-7-11-33-15-19-35(20-16-33)13-9-31-43-38-25-23-37(24-26-38)41(42)45-40-29-27-39(28-30-40)44-32-10-14-36-21-17-34(18-22-36)12-8-6-4-2/h23-30,33-36H,3-22,31-32H2,1-2H3. The molecule has 0 radical (unpaired) electrons. The number of hydrogen-bond donors (Lipinski definition) is 0. The molecule has 2 aromatic carbocycles. The van der Waals surface area contributed by atoms with E-state index in [0.29, 0.717) is 11.3 Å². The normalized spacial score (nSPS) is 21.7. The van der Waals surface area contributed by atoms with E-state index in [4.69, 9.17) is 14.2 Å². The number of unbranched alkanes of at least 4 members (excludes halogenated alkanes) is 4. The van der Waals surface area contributed by atoms with Crippen LogP contribution >= 0.6 is 0 Å². The predicted octanol–water partition coefficient (Wildman–Crippen LogP) is 12.0. The van der Waals surface area contributed by atoms with E-state index in [1.54, 1.807) is 12.1 Å². The average Bonchev–Trinajstić information content (AvgIpc) is 3.07. The summed E-state index contributed by atoms with van der Waals surface area (Å²) in [5.41, 5.74) is 0.522. The van der Waals surface area contributed by atoms with E-state index in [0.717, 1.165) is 61.2 Å². The van der Waals surface area contributed by atoms with Gasteiger partial charge in [-0.2, -0.15) is 0 Å². The maximum atomic E-state index is 12.7. The number of carbonyl (C=O) groups is 1. The molecule has 0 aliphatic heterocycles. The summed E-state index contributed by atoms with van der Waals surface area (Å²) in [6.45, 7) is 6.05. The molecule has 0 heterocycles. The predicted molar refractivity (Wildman–Crippen MR) is 186 cm³/mol. The monoisotopic (exact) mass is 618 g/mol. The van der Waals surface area contributed by atoms with Crippen LogP contribution in [0.4, 0.5) is 0 Å². The third-order valence-electron chi connectivity index (χ3n) is 10.5. The second-order valence-corrected chi connectivity index (χ2v) is 14.1. The Morgan fingerprint density at radius 2 is 0.867 bits per heavy atom. The van der Waals surface area contributed by atoms with Crippen LogP contribution in [0.5, 0.6) is 17.2 Å². The van der Waals surface area contributed by atoms with Gasteiger partial charge in [-0.25, -0.2) is 4.79 Å². The summed E-state index contributed by atoms with van der Waals surface area (Å²) in [6.07, 6.45) is 27.1. The van der Waals surface area contributed by atoms with Gasteiger partial charge < -0.3 is 14.2 Å². The highest BCUT2D eigenvalue weighted by Crippen LogP contribution is 2.35. The summed E-state index contributed by atoms with van der Waals surface area (Å²) in [5, 5.41) is 0. The Labute approximate surface area is 275 Å². The molecule has 2 aliphatic carbocycles. The molecule has 0 N–H and O–H groups in total. The fourth-order valence-corrected chi connectivity index (χ4v) is 7.56. The summed E-state index contributed by atoms with van der Waals surface area (Å²) in [4.78, 5) is 12.7. The van der Waals surface area contributed by atoms with Gasteiger partial charge in [-0.15, -0.1) is 0 Å². The molecule has 4 heteroatoms. The zero-order chi connectivity index (χ0) is 31.5. The van der Waals surface area contributed by atoms with Gasteiger partial charge in [-0.1, -0.05) is 117 Å². The van der Waals surface area contributed by atoms with Crippen molar-refractivity contribution in [3.63, 3.8) is 0 Å². The van der Waals surface area contributed by atoms with Gasteiger partial charge in [-0.05, 0) is 97.9 Å². The van der Waals surface area contributed by atoms with Crippen LogP contribution < -0.4 is 14.2 Å². The number of carbonyl (C=O) groups excluding carboxylic acids is 1. The van der Waals surface area contributed by atoms with Crippen LogP contribution in [0.1, 0.15) is 153 Å². The minimum Gasteiger partial charge on any atom is -0.494 e. The molecule has 0 spiro atoms. The lowest BCUT2D eigenvalue weighted by Crippen LogP contribution is -2.15. The molecular formula is C41H62O4. The van der Waals surface area contributed by atoms with Crippen molar-refractivity contribution in [1.29, 1.82) is 0 Å². The minimum atomic E-state index is -0.361. The zero-order valence-corrected chi connectivity index (χ0v) is 28.6. The quantitative estimate of drug-likeness (QED) is 0.0841. The Bertz CT molecular complexity index is 1050. The van der Waals surface area contributed by atoms with Gasteiger partial charge in [-0.3, -0.25) is 0 Å².